The molecule has 0 aromatic rings. The molecule has 0 amide bonds. The summed E-state index contributed by atoms with van der Waals surface area (Å²) < 4.78 is 0. The molecule has 0 aromatic heterocycles. The summed E-state index contributed by atoms with van der Waals surface area (Å²) in [5, 5.41) is 0. The van der Waals surface area contributed by atoms with Crippen molar-refractivity contribution in [1.29, 1.82) is 0 Å². The monoisotopic (exact) mass is 243 g/mol. The molecule has 0 radical (unpaired) electrons. The van der Waals surface area contributed by atoms with E-state index in [2.05, 4.69) is 67.5 Å². The van der Waals surface area contributed by atoms with E-state index in [-0.39, 0.29) is 0 Å². The number of nitrogens with zero attached hydrogens (tertiary/aromatic N) is 1. The zero-order valence-corrected chi connectivity index (χ0v) is 14.0. The second-order valence-electron chi connectivity index (χ2n) is 7.72. The SMILES string of the molecule is CC(C)(C)CCCCC(C)(C)C.CCN(C)C. The van der Waals surface area contributed by atoms with E-state index in [1.807, 2.05) is 0 Å². The van der Waals surface area contributed by atoms with Crippen LogP contribution in [-0.2, 0) is 0 Å². The van der Waals surface area contributed by atoms with Crippen LogP contribution in [0, 0.1) is 10.8 Å². The molecule has 0 fully saturated rings. The quantitative estimate of drug-likeness (QED) is 0.613. The second kappa shape index (κ2) is 8.97. The van der Waals surface area contributed by atoms with Gasteiger partial charge < -0.3 is 4.90 Å². The van der Waals surface area contributed by atoms with Crippen molar-refractivity contribution in [2.24, 2.45) is 10.8 Å². The van der Waals surface area contributed by atoms with Gasteiger partial charge in [0.2, 0.25) is 0 Å². The molecular weight excluding hydrogens is 206 g/mol. The van der Waals surface area contributed by atoms with Crippen LogP contribution in [0.4, 0.5) is 0 Å². The highest BCUT2D eigenvalue weighted by Gasteiger charge is 2.12. The first kappa shape index (κ1) is 19.3. The number of rotatable bonds is 4. The van der Waals surface area contributed by atoms with Crippen molar-refractivity contribution < 1.29 is 0 Å². The third kappa shape index (κ3) is 25.9. The molecule has 0 bridgehead atoms. The highest BCUT2D eigenvalue weighted by molar-refractivity contribution is 4.65. The fourth-order valence-electron chi connectivity index (χ4n) is 1.31. The molecule has 17 heavy (non-hydrogen) atoms. The van der Waals surface area contributed by atoms with Crippen LogP contribution in [0.2, 0.25) is 0 Å². The molecule has 106 valence electrons. The van der Waals surface area contributed by atoms with Gasteiger partial charge in [-0.05, 0) is 44.3 Å². The van der Waals surface area contributed by atoms with Crippen molar-refractivity contribution in [3.05, 3.63) is 0 Å². The minimum absolute atomic E-state index is 0.526. The first-order valence-electron chi connectivity index (χ1n) is 7.12. The van der Waals surface area contributed by atoms with Crippen LogP contribution in [0.25, 0.3) is 0 Å². The smallest absolute Gasteiger partial charge is 0.00533 e. The molecular formula is C16H37N. The molecule has 0 saturated carbocycles. The lowest BCUT2D eigenvalue weighted by Gasteiger charge is -2.21. The van der Waals surface area contributed by atoms with Gasteiger partial charge in [0.25, 0.3) is 0 Å². The summed E-state index contributed by atoms with van der Waals surface area (Å²) in [6.07, 6.45) is 5.51. The van der Waals surface area contributed by atoms with E-state index in [9.17, 15) is 0 Å². The van der Waals surface area contributed by atoms with Crippen molar-refractivity contribution in [2.45, 2.75) is 74.1 Å². The summed E-state index contributed by atoms with van der Waals surface area (Å²) in [7, 11) is 4.11. The lowest BCUT2D eigenvalue weighted by Crippen LogP contribution is -2.08. The van der Waals surface area contributed by atoms with Gasteiger partial charge in [-0.25, -0.2) is 0 Å². The Morgan fingerprint density at radius 3 is 1.06 bits per heavy atom. The van der Waals surface area contributed by atoms with E-state index in [4.69, 9.17) is 0 Å². The number of unbranched alkanes of at least 4 members (excludes halogenated alkanes) is 1. The summed E-state index contributed by atoms with van der Waals surface area (Å²) >= 11 is 0. The Balaban J connectivity index is 0. The van der Waals surface area contributed by atoms with Gasteiger partial charge in [-0.15, -0.1) is 0 Å². The van der Waals surface area contributed by atoms with E-state index >= 15 is 0 Å². The van der Waals surface area contributed by atoms with E-state index in [1.54, 1.807) is 0 Å². The zero-order valence-electron chi connectivity index (χ0n) is 14.0. The van der Waals surface area contributed by atoms with E-state index in [1.165, 1.54) is 25.7 Å². The molecule has 1 nitrogen and oxygen atoms in total. The van der Waals surface area contributed by atoms with Gasteiger partial charge in [0.1, 0.15) is 0 Å². The average molecular weight is 243 g/mol. The van der Waals surface area contributed by atoms with Crippen LogP contribution >= 0.6 is 0 Å². The summed E-state index contributed by atoms with van der Waals surface area (Å²) in [4.78, 5) is 2.12. The number of hydrogen-bond donors (Lipinski definition) is 0. The van der Waals surface area contributed by atoms with Gasteiger partial charge in [0.05, 0.1) is 0 Å². The Bertz CT molecular complexity index is 141. The second-order valence-corrected chi connectivity index (χ2v) is 7.72. The Hall–Kier alpha value is -0.0400. The van der Waals surface area contributed by atoms with Crippen molar-refractivity contribution in [3.63, 3.8) is 0 Å². The Labute approximate surface area is 111 Å². The van der Waals surface area contributed by atoms with Gasteiger partial charge in [0, 0.05) is 0 Å². The molecule has 0 saturated heterocycles. The maximum atomic E-state index is 2.32. The lowest BCUT2D eigenvalue weighted by atomic mass is 9.85. The van der Waals surface area contributed by atoms with Gasteiger partial charge in [0.15, 0.2) is 0 Å². The highest BCUT2D eigenvalue weighted by atomic mass is 15.0. The predicted molar refractivity (Wildman–Crippen MR) is 81.6 cm³/mol. The summed E-state index contributed by atoms with van der Waals surface area (Å²) in [6, 6.07) is 0. The highest BCUT2D eigenvalue weighted by Crippen LogP contribution is 2.26. The standard InChI is InChI=1S/C12H26.C4H11N/c1-11(2,3)9-7-8-10-12(4,5)6;1-4-5(2)3/h7-10H2,1-6H3;4H2,1-3H3. The molecule has 0 N–H and O–H groups in total. The van der Waals surface area contributed by atoms with Crippen LogP contribution in [0.15, 0.2) is 0 Å². The van der Waals surface area contributed by atoms with Crippen LogP contribution < -0.4 is 0 Å². The fraction of sp³-hybridized carbons (Fsp3) is 1.00. The summed E-state index contributed by atoms with van der Waals surface area (Å²) in [5.41, 5.74) is 1.05. The van der Waals surface area contributed by atoms with Gasteiger partial charge in [-0.3, -0.25) is 0 Å². The predicted octanol–water partition coefficient (Wildman–Crippen LogP) is 5.21. The van der Waals surface area contributed by atoms with E-state index < -0.39 is 0 Å². The maximum Gasteiger partial charge on any atom is -0.00533 e. The van der Waals surface area contributed by atoms with Crippen LogP contribution in [-0.4, -0.2) is 25.5 Å². The fourth-order valence-corrected chi connectivity index (χ4v) is 1.31. The Kier molecular flexibility index (Phi) is 10.2. The number of hydrogen-bond acceptors (Lipinski definition) is 1. The van der Waals surface area contributed by atoms with Crippen molar-refractivity contribution in [1.82, 2.24) is 4.90 Å². The molecule has 0 unspecified atom stereocenters. The third-order valence-electron chi connectivity index (χ3n) is 2.74. The molecule has 0 spiro atoms. The van der Waals surface area contributed by atoms with Gasteiger partial charge in [-0.2, -0.15) is 0 Å². The van der Waals surface area contributed by atoms with Crippen molar-refractivity contribution in [3.8, 4) is 0 Å². The van der Waals surface area contributed by atoms with Crippen LogP contribution in [0.3, 0.4) is 0 Å². The van der Waals surface area contributed by atoms with E-state index in [0.717, 1.165) is 6.54 Å². The van der Waals surface area contributed by atoms with Crippen molar-refractivity contribution >= 4 is 0 Å². The molecule has 0 aliphatic carbocycles. The largest absolute Gasteiger partial charge is 0.310 e. The lowest BCUT2D eigenvalue weighted by molar-refractivity contribution is 0.318. The minimum Gasteiger partial charge on any atom is -0.310 e. The Morgan fingerprint density at radius 2 is 0.941 bits per heavy atom. The van der Waals surface area contributed by atoms with Gasteiger partial charge >= 0.3 is 0 Å². The van der Waals surface area contributed by atoms with Crippen LogP contribution in [0.1, 0.15) is 74.1 Å². The first-order valence-corrected chi connectivity index (χ1v) is 7.12. The summed E-state index contributed by atoms with van der Waals surface area (Å²) in [6.45, 7) is 17.2. The first-order chi connectivity index (χ1) is 7.48. The summed E-state index contributed by atoms with van der Waals surface area (Å²) in [5.74, 6) is 0. The molecule has 0 aliphatic heterocycles. The molecule has 1 heteroatoms. The Morgan fingerprint density at radius 1 is 0.706 bits per heavy atom. The van der Waals surface area contributed by atoms with Crippen molar-refractivity contribution in [2.75, 3.05) is 20.6 Å². The molecule has 0 atom stereocenters. The zero-order chi connectivity index (χ0) is 14.1. The van der Waals surface area contributed by atoms with E-state index in [0.29, 0.717) is 10.8 Å². The molecule has 0 aliphatic rings. The van der Waals surface area contributed by atoms with Gasteiger partial charge in [-0.1, -0.05) is 61.3 Å². The normalized spacial score (nSPS) is 12.4. The molecule has 0 aromatic carbocycles. The minimum atomic E-state index is 0.526. The molecule has 0 rings (SSSR count). The van der Waals surface area contributed by atoms with Crippen LogP contribution in [0.5, 0.6) is 0 Å². The topological polar surface area (TPSA) is 3.24 Å². The molecule has 0 heterocycles. The third-order valence-corrected chi connectivity index (χ3v) is 2.74. The average Bonchev–Trinajstić information content (AvgIpc) is 2.10. The maximum absolute atomic E-state index is 2.32.